The number of thiophene rings is 1. The molecule has 0 atom stereocenters. The molecule has 1 aromatic rings. The van der Waals surface area contributed by atoms with Gasteiger partial charge in [0, 0.05) is 29.5 Å². The smallest absolute Gasteiger partial charge is 0.0591 e. The van der Waals surface area contributed by atoms with Crippen molar-refractivity contribution in [2.24, 2.45) is 0 Å². The summed E-state index contributed by atoms with van der Waals surface area (Å²) in [5.74, 6) is 0. The number of ether oxygens (including phenoxy) is 1. The second-order valence-electron chi connectivity index (χ2n) is 4.72. The van der Waals surface area contributed by atoms with Gasteiger partial charge in [0.15, 0.2) is 0 Å². The van der Waals surface area contributed by atoms with Crippen molar-refractivity contribution in [1.82, 2.24) is 5.32 Å². The summed E-state index contributed by atoms with van der Waals surface area (Å²) in [4.78, 5) is 2.79. The fourth-order valence-electron chi connectivity index (χ4n) is 1.85. The number of hydrogen-bond donors (Lipinski definition) is 1. The molecule has 0 aromatic carbocycles. The molecule has 1 N–H and O–H groups in total. The highest BCUT2D eigenvalue weighted by Gasteiger charge is 1.96. The Kier molecular flexibility index (Phi) is 9.17. The van der Waals surface area contributed by atoms with Gasteiger partial charge in [-0.3, -0.25) is 0 Å². The van der Waals surface area contributed by atoms with E-state index in [4.69, 9.17) is 4.74 Å². The molecule has 0 fully saturated rings. The van der Waals surface area contributed by atoms with Gasteiger partial charge in [-0.25, -0.2) is 0 Å². The van der Waals surface area contributed by atoms with Gasteiger partial charge in [-0.2, -0.15) is 0 Å². The Bertz CT molecular complexity index is 298. The highest BCUT2D eigenvalue weighted by Crippen LogP contribution is 2.14. The van der Waals surface area contributed by atoms with Gasteiger partial charge in [-0.1, -0.05) is 32.6 Å². The van der Waals surface area contributed by atoms with E-state index in [1.54, 1.807) is 0 Å². The minimum atomic E-state index is 0.831. The van der Waals surface area contributed by atoms with Gasteiger partial charge < -0.3 is 10.1 Å². The molecule has 1 aromatic heterocycles. The van der Waals surface area contributed by atoms with E-state index in [1.165, 1.54) is 41.9 Å². The summed E-state index contributed by atoms with van der Waals surface area (Å²) in [5, 5.41) is 3.41. The SMILES string of the molecule is CCCCCCCOCCNCc1ccc(C)s1. The number of nitrogens with one attached hydrogen (secondary N) is 1. The fourth-order valence-corrected chi connectivity index (χ4v) is 2.71. The van der Waals surface area contributed by atoms with Crippen molar-refractivity contribution in [2.75, 3.05) is 19.8 Å². The maximum atomic E-state index is 5.60. The second-order valence-corrected chi connectivity index (χ2v) is 6.09. The number of hydrogen-bond acceptors (Lipinski definition) is 3. The normalized spacial score (nSPS) is 11.0. The maximum Gasteiger partial charge on any atom is 0.0591 e. The molecular formula is C15H27NOS. The minimum Gasteiger partial charge on any atom is -0.380 e. The summed E-state index contributed by atoms with van der Waals surface area (Å²) in [6, 6.07) is 4.37. The first-order valence-electron chi connectivity index (χ1n) is 7.16. The van der Waals surface area contributed by atoms with Gasteiger partial charge in [0.25, 0.3) is 0 Å². The van der Waals surface area contributed by atoms with Gasteiger partial charge in [-0.15, -0.1) is 11.3 Å². The average molecular weight is 269 g/mol. The molecule has 2 nitrogen and oxygen atoms in total. The lowest BCUT2D eigenvalue weighted by molar-refractivity contribution is 0.131. The quantitative estimate of drug-likeness (QED) is 0.610. The standard InChI is InChI=1S/C15H27NOS/c1-3-4-5-6-7-11-17-12-10-16-13-15-9-8-14(2)18-15/h8-9,16H,3-7,10-13H2,1-2H3. The van der Waals surface area contributed by atoms with Crippen molar-refractivity contribution in [3.8, 4) is 0 Å². The van der Waals surface area contributed by atoms with Crippen LogP contribution < -0.4 is 5.32 Å². The second kappa shape index (κ2) is 10.5. The highest BCUT2D eigenvalue weighted by atomic mass is 32.1. The number of rotatable bonds is 11. The Hall–Kier alpha value is -0.380. The molecule has 0 amide bonds. The molecule has 0 unspecified atom stereocenters. The minimum absolute atomic E-state index is 0.831. The van der Waals surface area contributed by atoms with Crippen LogP contribution in [0.25, 0.3) is 0 Å². The topological polar surface area (TPSA) is 21.3 Å². The van der Waals surface area contributed by atoms with Crippen LogP contribution >= 0.6 is 11.3 Å². The molecule has 1 heterocycles. The average Bonchev–Trinajstić information content (AvgIpc) is 2.77. The first kappa shape index (κ1) is 15.7. The molecule has 0 saturated carbocycles. The first-order valence-corrected chi connectivity index (χ1v) is 7.98. The van der Waals surface area contributed by atoms with E-state index in [1.807, 2.05) is 11.3 Å². The van der Waals surface area contributed by atoms with Crippen molar-refractivity contribution in [3.05, 3.63) is 21.9 Å². The van der Waals surface area contributed by atoms with Crippen LogP contribution in [-0.2, 0) is 11.3 Å². The molecule has 0 bridgehead atoms. The lowest BCUT2D eigenvalue weighted by Crippen LogP contribution is -2.18. The van der Waals surface area contributed by atoms with Crippen LogP contribution in [0.4, 0.5) is 0 Å². The van der Waals surface area contributed by atoms with E-state index < -0.39 is 0 Å². The van der Waals surface area contributed by atoms with Crippen molar-refractivity contribution in [3.63, 3.8) is 0 Å². The molecule has 18 heavy (non-hydrogen) atoms. The van der Waals surface area contributed by atoms with E-state index in [0.717, 1.165) is 26.3 Å². The molecule has 3 heteroatoms. The zero-order valence-electron chi connectivity index (χ0n) is 11.8. The van der Waals surface area contributed by atoms with Crippen LogP contribution in [0.3, 0.4) is 0 Å². The van der Waals surface area contributed by atoms with Crippen LogP contribution in [0.15, 0.2) is 12.1 Å². The Morgan fingerprint density at radius 2 is 1.94 bits per heavy atom. The van der Waals surface area contributed by atoms with Crippen LogP contribution in [-0.4, -0.2) is 19.8 Å². The lowest BCUT2D eigenvalue weighted by Gasteiger charge is -2.05. The zero-order chi connectivity index (χ0) is 13.1. The number of unbranched alkanes of at least 4 members (excludes halogenated alkanes) is 4. The van der Waals surface area contributed by atoms with E-state index >= 15 is 0 Å². The van der Waals surface area contributed by atoms with E-state index in [9.17, 15) is 0 Å². The Morgan fingerprint density at radius 1 is 1.11 bits per heavy atom. The summed E-state index contributed by atoms with van der Waals surface area (Å²) >= 11 is 1.86. The fraction of sp³-hybridized carbons (Fsp3) is 0.733. The molecule has 0 aliphatic heterocycles. The van der Waals surface area contributed by atoms with Gasteiger partial charge in [0.2, 0.25) is 0 Å². The summed E-state index contributed by atoms with van der Waals surface area (Å²) in [5.41, 5.74) is 0. The van der Waals surface area contributed by atoms with Crippen molar-refractivity contribution >= 4 is 11.3 Å². The van der Waals surface area contributed by atoms with Gasteiger partial charge >= 0.3 is 0 Å². The van der Waals surface area contributed by atoms with Gasteiger partial charge in [0.05, 0.1) is 6.61 Å². The van der Waals surface area contributed by atoms with E-state index in [0.29, 0.717) is 0 Å². The third-order valence-corrected chi connectivity index (χ3v) is 3.91. The van der Waals surface area contributed by atoms with Crippen LogP contribution in [0.2, 0.25) is 0 Å². The molecule has 0 radical (unpaired) electrons. The summed E-state index contributed by atoms with van der Waals surface area (Å²) in [6.45, 7) is 8.07. The highest BCUT2D eigenvalue weighted by molar-refractivity contribution is 7.11. The molecule has 1 rings (SSSR count). The predicted molar refractivity (Wildman–Crippen MR) is 80.3 cm³/mol. The molecule has 104 valence electrons. The van der Waals surface area contributed by atoms with Crippen LogP contribution in [0.1, 0.15) is 48.8 Å². The van der Waals surface area contributed by atoms with E-state index in [-0.39, 0.29) is 0 Å². The Labute approximate surface area is 116 Å². The molecule has 0 saturated heterocycles. The molecule has 0 aliphatic carbocycles. The molecule has 0 aliphatic rings. The Morgan fingerprint density at radius 3 is 2.67 bits per heavy atom. The Balaban J connectivity index is 1.81. The van der Waals surface area contributed by atoms with Gasteiger partial charge in [-0.05, 0) is 25.5 Å². The predicted octanol–water partition coefficient (Wildman–Crippen LogP) is 4.13. The summed E-state index contributed by atoms with van der Waals surface area (Å²) in [6.07, 6.45) is 6.56. The van der Waals surface area contributed by atoms with Gasteiger partial charge in [0.1, 0.15) is 0 Å². The monoisotopic (exact) mass is 269 g/mol. The third-order valence-electron chi connectivity index (χ3n) is 2.91. The van der Waals surface area contributed by atoms with Crippen molar-refractivity contribution in [2.45, 2.75) is 52.5 Å². The molecular weight excluding hydrogens is 242 g/mol. The largest absolute Gasteiger partial charge is 0.380 e. The first-order chi connectivity index (χ1) is 8.83. The lowest BCUT2D eigenvalue weighted by atomic mass is 10.2. The number of aryl methyl sites for hydroxylation is 1. The zero-order valence-corrected chi connectivity index (χ0v) is 12.7. The van der Waals surface area contributed by atoms with Crippen LogP contribution in [0.5, 0.6) is 0 Å². The van der Waals surface area contributed by atoms with Crippen LogP contribution in [0, 0.1) is 6.92 Å². The molecule has 0 spiro atoms. The van der Waals surface area contributed by atoms with E-state index in [2.05, 4.69) is 31.3 Å². The van der Waals surface area contributed by atoms with Crippen molar-refractivity contribution < 1.29 is 4.74 Å². The third kappa shape index (κ3) is 7.85. The summed E-state index contributed by atoms with van der Waals surface area (Å²) in [7, 11) is 0. The maximum absolute atomic E-state index is 5.60. The van der Waals surface area contributed by atoms with Crippen molar-refractivity contribution in [1.29, 1.82) is 0 Å². The summed E-state index contributed by atoms with van der Waals surface area (Å²) < 4.78 is 5.60.